The van der Waals surface area contributed by atoms with Gasteiger partial charge in [-0.15, -0.1) is 0 Å². The molecular formula is C16H21N3O4S2. The molecule has 136 valence electrons. The number of nitrogens with zero attached hydrogens (tertiary/aromatic N) is 2. The van der Waals surface area contributed by atoms with Gasteiger partial charge in [0.2, 0.25) is 0 Å². The number of sulfonamides is 1. The third-order valence-electron chi connectivity index (χ3n) is 4.28. The molecular weight excluding hydrogens is 362 g/mol. The quantitative estimate of drug-likeness (QED) is 0.870. The van der Waals surface area contributed by atoms with Crippen LogP contribution in [0.2, 0.25) is 0 Å². The van der Waals surface area contributed by atoms with E-state index in [-0.39, 0.29) is 22.4 Å². The molecule has 7 nitrogen and oxygen atoms in total. The molecule has 9 heteroatoms. The maximum atomic E-state index is 12.8. The Bertz CT molecular complexity index is 1020. The second-order valence-electron chi connectivity index (χ2n) is 6.55. The standard InChI is InChI=1S/C16H21N3O4S2/c1-11-4-5-12(2)15(8-11)25(22,23)18-16-9-13(3)17-19(16)14-6-7-24(20,21)10-14/h4-5,8-9,14,18H,6-7,10H2,1-3H3/t14-/m0/s1. The van der Waals surface area contributed by atoms with Crippen LogP contribution in [0.5, 0.6) is 0 Å². The van der Waals surface area contributed by atoms with E-state index in [0.717, 1.165) is 5.56 Å². The zero-order valence-electron chi connectivity index (χ0n) is 14.4. The summed E-state index contributed by atoms with van der Waals surface area (Å²) in [5.74, 6) is 0.368. The summed E-state index contributed by atoms with van der Waals surface area (Å²) in [6, 6.07) is 6.50. The number of aromatic nitrogens is 2. The molecule has 1 N–H and O–H groups in total. The van der Waals surface area contributed by atoms with Gasteiger partial charge in [0.25, 0.3) is 10.0 Å². The molecule has 1 fully saturated rings. The van der Waals surface area contributed by atoms with Gasteiger partial charge < -0.3 is 0 Å². The molecule has 3 rings (SSSR count). The first-order valence-corrected chi connectivity index (χ1v) is 11.2. The summed E-state index contributed by atoms with van der Waals surface area (Å²) in [7, 11) is -6.89. The zero-order valence-corrected chi connectivity index (χ0v) is 16.0. The van der Waals surface area contributed by atoms with Crippen molar-refractivity contribution in [2.75, 3.05) is 16.2 Å². The van der Waals surface area contributed by atoms with Gasteiger partial charge in [0.1, 0.15) is 5.82 Å². The Hall–Kier alpha value is -1.87. The van der Waals surface area contributed by atoms with Gasteiger partial charge in [-0.2, -0.15) is 5.10 Å². The van der Waals surface area contributed by atoms with Crippen LogP contribution in [-0.2, 0) is 19.9 Å². The average Bonchev–Trinajstić information content (AvgIpc) is 3.03. The predicted octanol–water partition coefficient (Wildman–Crippen LogP) is 1.97. The smallest absolute Gasteiger partial charge is 0.263 e. The van der Waals surface area contributed by atoms with Gasteiger partial charge in [-0.3, -0.25) is 4.72 Å². The Morgan fingerprint density at radius 1 is 1.20 bits per heavy atom. The van der Waals surface area contributed by atoms with Crippen molar-refractivity contribution in [2.24, 2.45) is 0 Å². The van der Waals surface area contributed by atoms with Crippen molar-refractivity contribution in [1.82, 2.24) is 9.78 Å². The summed E-state index contributed by atoms with van der Waals surface area (Å²) in [4.78, 5) is 0.206. The number of anilines is 1. The highest BCUT2D eigenvalue weighted by Gasteiger charge is 2.32. The summed E-state index contributed by atoms with van der Waals surface area (Å²) >= 11 is 0. The predicted molar refractivity (Wildman–Crippen MR) is 96.0 cm³/mol. The van der Waals surface area contributed by atoms with Crippen molar-refractivity contribution in [1.29, 1.82) is 0 Å². The lowest BCUT2D eigenvalue weighted by Crippen LogP contribution is -2.20. The SMILES string of the molecule is Cc1ccc(C)c(S(=O)(=O)Nc2cc(C)nn2[C@H]2CCS(=O)(=O)C2)c1. The van der Waals surface area contributed by atoms with Crippen molar-refractivity contribution in [3.05, 3.63) is 41.1 Å². The topological polar surface area (TPSA) is 98.1 Å². The molecule has 1 aromatic heterocycles. The summed E-state index contributed by atoms with van der Waals surface area (Å²) in [6.07, 6.45) is 0.432. The van der Waals surface area contributed by atoms with Crippen LogP contribution in [0.25, 0.3) is 0 Å². The lowest BCUT2D eigenvalue weighted by Gasteiger charge is -2.15. The van der Waals surface area contributed by atoms with E-state index in [4.69, 9.17) is 0 Å². The molecule has 0 saturated carbocycles. The van der Waals surface area contributed by atoms with Crippen molar-refractivity contribution >= 4 is 25.7 Å². The number of sulfone groups is 1. The molecule has 0 aliphatic carbocycles. The molecule has 2 heterocycles. The fraction of sp³-hybridized carbons (Fsp3) is 0.438. The van der Waals surface area contributed by atoms with Crippen molar-refractivity contribution < 1.29 is 16.8 Å². The van der Waals surface area contributed by atoms with Crippen LogP contribution in [0.3, 0.4) is 0 Å². The largest absolute Gasteiger partial charge is 0.264 e. The first-order valence-electron chi connectivity index (χ1n) is 7.94. The maximum absolute atomic E-state index is 12.8. The van der Waals surface area contributed by atoms with Crippen LogP contribution in [0, 0.1) is 20.8 Å². The highest BCUT2D eigenvalue weighted by molar-refractivity contribution is 7.92. The van der Waals surface area contributed by atoms with Crippen LogP contribution in [0.4, 0.5) is 5.82 Å². The molecule has 0 unspecified atom stereocenters. The molecule has 1 saturated heterocycles. The molecule has 0 radical (unpaired) electrons. The van der Waals surface area contributed by atoms with Crippen LogP contribution < -0.4 is 4.72 Å². The highest BCUT2D eigenvalue weighted by Crippen LogP contribution is 2.29. The Kier molecular flexibility index (Phi) is 4.40. The van der Waals surface area contributed by atoms with Gasteiger partial charge in [0.15, 0.2) is 9.84 Å². The third-order valence-corrected chi connectivity index (χ3v) is 7.53. The Morgan fingerprint density at radius 2 is 1.92 bits per heavy atom. The number of benzene rings is 1. The van der Waals surface area contributed by atoms with E-state index in [1.54, 1.807) is 32.0 Å². The van der Waals surface area contributed by atoms with Crippen molar-refractivity contribution in [3.63, 3.8) is 0 Å². The van der Waals surface area contributed by atoms with E-state index in [1.165, 1.54) is 4.68 Å². The average molecular weight is 383 g/mol. The second-order valence-corrected chi connectivity index (χ2v) is 10.4. The Morgan fingerprint density at radius 3 is 2.56 bits per heavy atom. The Labute approximate surface area is 148 Å². The van der Waals surface area contributed by atoms with Gasteiger partial charge in [0, 0.05) is 6.07 Å². The van der Waals surface area contributed by atoms with Crippen LogP contribution in [0.15, 0.2) is 29.2 Å². The molecule has 1 aliphatic heterocycles. The molecule has 1 atom stereocenters. The number of hydrogen-bond donors (Lipinski definition) is 1. The lowest BCUT2D eigenvalue weighted by atomic mass is 10.2. The maximum Gasteiger partial charge on any atom is 0.263 e. The van der Waals surface area contributed by atoms with Gasteiger partial charge in [0.05, 0.1) is 28.1 Å². The minimum Gasteiger partial charge on any atom is -0.264 e. The van der Waals surface area contributed by atoms with Gasteiger partial charge in [-0.05, 0) is 44.4 Å². The molecule has 0 amide bonds. The van der Waals surface area contributed by atoms with Gasteiger partial charge in [-0.25, -0.2) is 21.5 Å². The third kappa shape index (κ3) is 3.72. The summed E-state index contributed by atoms with van der Waals surface area (Å²) in [5, 5.41) is 4.30. The van der Waals surface area contributed by atoms with E-state index in [2.05, 4.69) is 9.82 Å². The van der Waals surface area contributed by atoms with Crippen molar-refractivity contribution in [3.8, 4) is 0 Å². The van der Waals surface area contributed by atoms with E-state index in [0.29, 0.717) is 23.5 Å². The van der Waals surface area contributed by atoms with Gasteiger partial charge >= 0.3 is 0 Å². The molecule has 0 bridgehead atoms. The van der Waals surface area contributed by atoms with E-state index in [9.17, 15) is 16.8 Å². The molecule has 2 aromatic rings. The van der Waals surface area contributed by atoms with Crippen LogP contribution >= 0.6 is 0 Å². The van der Waals surface area contributed by atoms with Gasteiger partial charge in [-0.1, -0.05) is 12.1 Å². The normalized spacial score (nSPS) is 19.9. The minimum absolute atomic E-state index is 0.0215. The second kappa shape index (κ2) is 6.14. The summed E-state index contributed by atoms with van der Waals surface area (Å²) in [6.45, 7) is 5.31. The van der Waals surface area contributed by atoms with Crippen LogP contribution in [-0.4, -0.2) is 38.1 Å². The highest BCUT2D eigenvalue weighted by atomic mass is 32.2. The Balaban J connectivity index is 1.97. The molecule has 1 aromatic carbocycles. The van der Waals surface area contributed by atoms with E-state index >= 15 is 0 Å². The number of hydrogen-bond acceptors (Lipinski definition) is 5. The molecule has 1 aliphatic rings. The summed E-state index contributed by atoms with van der Waals surface area (Å²) in [5.41, 5.74) is 2.12. The first kappa shape index (κ1) is 17.9. The fourth-order valence-corrected chi connectivity index (χ4v) is 6.09. The number of nitrogens with one attached hydrogen (secondary N) is 1. The van der Waals surface area contributed by atoms with Crippen LogP contribution in [0.1, 0.15) is 29.3 Å². The molecule has 0 spiro atoms. The molecule has 25 heavy (non-hydrogen) atoms. The first-order chi connectivity index (χ1) is 11.6. The van der Waals surface area contributed by atoms with Crippen molar-refractivity contribution in [2.45, 2.75) is 38.1 Å². The summed E-state index contributed by atoms with van der Waals surface area (Å²) < 4.78 is 53.2. The van der Waals surface area contributed by atoms with E-state index < -0.39 is 19.9 Å². The number of rotatable bonds is 4. The number of aryl methyl sites for hydroxylation is 3. The minimum atomic E-state index is -3.79. The zero-order chi connectivity index (χ0) is 18.4. The monoisotopic (exact) mass is 383 g/mol. The fourth-order valence-electron chi connectivity index (χ4n) is 3.03. The lowest BCUT2D eigenvalue weighted by molar-refractivity contribution is 0.503. The van der Waals surface area contributed by atoms with E-state index in [1.807, 2.05) is 13.0 Å².